The average molecular weight is 385 g/mol. The number of rotatable bonds is 3. The van der Waals surface area contributed by atoms with Gasteiger partial charge >= 0.3 is 0 Å². The zero-order chi connectivity index (χ0) is 17.6. The number of aliphatic hydroxyl groups excluding tert-OH is 2. The number of nitrogens with zero attached hydrogens (tertiary/aromatic N) is 3. The molecule has 0 aromatic carbocycles. The second-order valence-electron chi connectivity index (χ2n) is 6.81. The molecule has 0 bridgehead atoms. The van der Waals surface area contributed by atoms with Crippen molar-refractivity contribution in [3.8, 4) is 0 Å². The summed E-state index contributed by atoms with van der Waals surface area (Å²) in [6.07, 6.45) is 2.74. The van der Waals surface area contributed by atoms with E-state index < -0.39 is 11.7 Å². The van der Waals surface area contributed by atoms with Crippen molar-refractivity contribution >= 4 is 22.9 Å². The van der Waals surface area contributed by atoms with Crippen LogP contribution in [0.3, 0.4) is 0 Å². The molecule has 0 saturated carbocycles. The topological polar surface area (TPSA) is 92.4 Å². The van der Waals surface area contributed by atoms with E-state index >= 15 is 0 Å². The van der Waals surface area contributed by atoms with Gasteiger partial charge in [-0.05, 0) is 19.4 Å². The number of hydrogen-bond donors (Lipinski definition) is 3. The quantitative estimate of drug-likeness (QED) is 0.746. The van der Waals surface area contributed by atoms with Crippen molar-refractivity contribution in [1.29, 1.82) is 0 Å². The fraction of sp³-hybridized carbons (Fsp3) is 0.625. The second kappa shape index (κ2) is 6.61. The highest BCUT2D eigenvalue weighted by Crippen LogP contribution is 2.51. The molecule has 0 radical (unpaired) electrons. The van der Waals surface area contributed by atoms with Gasteiger partial charge in [0.05, 0.1) is 42.0 Å². The van der Waals surface area contributed by atoms with Crippen molar-refractivity contribution < 1.29 is 14.9 Å². The van der Waals surface area contributed by atoms with Crippen LogP contribution in [0.15, 0.2) is 12.3 Å². The first-order valence-corrected chi connectivity index (χ1v) is 9.59. The molecule has 0 unspecified atom stereocenters. The van der Waals surface area contributed by atoms with E-state index in [4.69, 9.17) is 21.4 Å². The Morgan fingerprint density at radius 3 is 3.16 bits per heavy atom. The summed E-state index contributed by atoms with van der Waals surface area (Å²) in [5, 5.41) is 31.2. The van der Waals surface area contributed by atoms with Crippen LogP contribution in [0, 0.1) is 0 Å². The van der Waals surface area contributed by atoms with Crippen molar-refractivity contribution in [1.82, 2.24) is 20.3 Å². The SMILES string of the molecule is C[C@H]1C[C@@]2(C[C@@H](c3cn(CCO)nn3)N1)OC[C@@H](O)c1cc(Cl)sc12. The van der Waals surface area contributed by atoms with Gasteiger partial charge in [-0.1, -0.05) is 16.8 Å². The Morgan fingerprint density at radius 2 is 2.36 bits per heavy atom. The van der Waals surface area contributed by atoms with E-state index in [1.165, 1.54) is 11.3 Å². The standard InChI is InChI=1S/C16H21ClN4O3S/c1-9-5-16(15-10(4-14(17)25-15)13(23)8-24-16)6-11(18-9)12-7-21(2-3-22)20-19-12/h4,7,9,11,13,18,22-23H,2-3,5-6,8H2,1H3/t9-,11-,13+,16-/m0/s1. The summed E-state index contributed by atoms with van der Waals surface area (Å²) in [6.45, 7) is 2.85. The smallest absolute Gasteiger partial charge is 0.106 e. The first-order chi connectivity index (χ1) is 12.0. The van der Waals surface area contributed by atoms with Crippen LogP contribution in [0.25, 0.3) is 0 Å². The van der Waals surface area contributed by atoms with Gasteiger partial charge in [0.1, 0.15) is 11.7 Å². The number of aromatic nitrogens is 3. The zero-order valence-electron chi connectivity index (χ0n) is 13.9. The van der Waals surface area contributed by atoms with Crippen molar-refractivity contribution in [2.24, 2.45) is 0 Å². The van der Waals surface area contributed by atoms with E-state index in [1.807, 2.05) is 12.3 Å². The van der Waals surface area contributed by atoms with Crippen LogP contribution < -0.4 is 5.32 Å². The lowest BCUT2D eigenvalue weighted by Crippen LogP contribution is -2.50. The molecule has 1 spiro atoms. The fourth-order valence-corrected chi connectivity index (χ4v) is 5.37. The Morgan fingerprint density at radius 1 is 1.52 bits per heavy atom. The van der Waals surface area contributed by atoms with Crippen LogP contribution >= 0.6 is 22.9 Å². The van der Waals surface area contributed by atoms with Gasteiger partial charge in [0.2, 0.25) is 0 Å². The predicted octanol–water partition coefficient (Wildman–Crippen LogP) is 1.76. The van der Waals surface area contributed by atoms with Crippen molar-refractivity contribution in [3.63, 3.8) is 0 Å². The number of hydrogen-bond acceptors (Lipinski definition) is 7. The van der Waals surface area contributed by atoms with Crippen molar-refractivity contribution in [3.05, 3.63) is 32.7 Å². The van der Waals surface area contributed by atoms with E-state index in [0.717, 1.165) is 22.6 Å². The molecule has 2 aliphatic rings. The maximum absolute atomic E-state index is 10.3. The van der Waals surface area contributed by atoms with Crippen LogP contribution in [0.4, 0.5) is 0 Å². The number of halogens is 1. The van der Waals surface area contributed by atoms with Gasteiger partial charge in [-0.25, -0.2) is 4.68 Å². The summed E-state index contributed by atoms with van der Waals surface area (Å²) >= 11 is 7.72. The van der Waals surface area contributed by atoms with Gasteiger partial charge < -0.3 is 20.3 Å². The Kier molecular flexibility index (Phi) is 4.59. The van der Waals surface area contributed by atoms with E-state index in [1.54, 1.807) is 4.68 Å². The maximum Gasteiger partial charge on any atom is 0.106 e. The van der Waals surface area contributed by atoms with E-state index in [0.29, 0.717) is 17.3 Å². The third-order valence-electron chi connectivity index (χ3n) is 4.92. The number of ether oxygens (including phenoxy) is 1. The van der Waals surface area contributed by atoms with Gasteiger partial charge in [0.15, 0.2) is 0 Å². The molecule has 136 valence electrons. The van der Waals surface area contributed by atoms with Crippen LogP contribution in [-0.2, 0) is 16.9 Å². The molecule has 25 heavy (non-hydrogen) atoms. The van der Waals surface area contributed by atoms with Crippen molar-refractivity contribution in [2.75, 3.05) is 13.2 Å². The molecule has 4 rings (SSSR count). The average Bonchev–Trinajstić information content (AvgIpc) is 3.19. The summed E-state index contributed by atoms with van der Waals surface area (Å²) in [5.41, 5.74) is 1.25. The minimum absolute atomic E-state index is 0.0137. The number of aliphatic hydroxyl groups is 2. The van der Waals surface area contributed by atoms with Crippen LogP contribution in [0.1, 0.15) is 48.0 Å². The maximum atomic E-state index is 10.3. The fourth-order valence-electron chi connectivity index (χ4n) is 3.92. The van der Waals surface area contributed by atoms with Gasteiger partial charge in [0, 0.05) is 22.9 Å². The summed E-state index contributed by atoms with van der Waals surface area (Å²) in [4.78, 5) is 1.03. The Bertz CT molecular complexity index is 766. The zero-order valence-corrected chi connectivity index (χ0v) is 15.4. The molecular formula is C16H21ClN4O3S. The van der Waals surface area contributed by atoms with Crippen LogP contribution in [0.2, 0.25) is 4.34 Å². The van der Waals surface area contributed by atoms with Crippen LogP contribution in [0.5, 0.6) is 0 Å². The molecule has 7 nitrogen and oxygen atoms in total. The Labute approximate surface area is 154 Å². The first-order valence-electron chi connectivity index (χ1n) is 8.39. The number of nitrogens with one attached hydrogen (secondary N) is 1. The Balaban J connectivity index is 1.67. The lowest BCUT2D eigenvalue weighted by atomic mass is 9.79. The highest BCUT2D eigenvalue weighted by atomic mass is 35.5. The number of piperidine rings is 1. The molecule has 2 aromatic heterocycles. The number of fused-ring (bicyclic) bond motifs is 2. The van der Waals surface area contributed by atoms with Crippen LogP contribution in [-0.4, -0.2) is 44.5 Å². The highest BCUT2D eigenvalue weighted by Gasteiger charge is 2.48. The van der Waals surface area contributed by atoms with Gasteiger partial charge in [-0.2, -0.15) is 0 Å². The molecule has 4 atom stereocenters. The molecule has 2 aliphatic heterocycles. The summed E-state index contributed by atoms with van der Waals surface area (Å²) in [5.74, 6) is 0. The van der Waals surface area contributed by atoms with Crippen molar-refractivity contribution in [2.45, 2.75) is 50.1 Å². The molecule has 1 fully saturated rings. The summed E-state index contributed by atoms with van der Waals surface area (Å²) in [6, 6.07) is 2.06. The minimum atomic E-state index is -0.626. The molecule has 9 heteroatoms. The second-order valence-corrected chi connectivity index (χ2v) is 8.50. The largest absolute Gasteiger partial charge is 0.394 e. The number of thiophene rings is 1. The lowest BCUT2D eigenvalue weighted by molar-refractivity contribution is -0.129. The van der Waals surface area contributed by atoms with E-state index in [9.17, 15) is 5.11 Å². The molecular weight excluding hydrogens is 364 g/mol. The molecule has 0 amide bonds. The van der Waals surface area contributed by atoms with E-state index in [2.05, 4.69) is 22.6 Å². The summed E-state index contributed by atoms with van der Waals surface area (Å²) in [7, 11) is 0. The monoisotopic (exact) mass is 384 g/mol. The third kappa shape index (κ3) is 3.11. The molecule has 0 aliphatic carbocycles. The molecule has 3 N–H and O–H groups in total. The van der Waals surface area contributed by atoms with Gasteiger partial charge in [-0.15, -0.1) is 16.4 Å². The van der Waals surface area contributed by atoms with Gasteiger partial charge in [-0.3, -0.25) is 0 Å². The first kappa shape index (κ1) is 17.4. The molecule has 4 heterocycles. The predicted molar refractivity (Wildman–Crippen MR) is 93.6 cm³/mol. The normalized spacial score (nSPS) is 32.1. The lowest BCUT2D eigenvalue weighted by Gasteiger charge is -2.46. The molecule has 1 saturated heterocycles. The minimum Gasteiger partial charge on any atom is -0.394 e. The highest BCUT2D eigenvalue weighted by molar-refractivity contribution is 7.16. The van der Waals surface area contributed by atoms with E-state index in [-0.39, 0.29) is 25.3 Å². The van der Waals surface area contributed by atoms with Gasteiger partial charge in [0.25, 0.3) is 0 Å². The molecule has 2 aromatic rings. The Hall–Kier alpha value is -1.03. The summed E-state index contributed by atoms with van der Waals surface area (Å²) < 4.78 is 8.51. The third-order valence-corrected chi connectivity index (χ3v) is 6.38.